The maximum absolute atomic E-state index is 12.8. The van der Waals surface area contributed by atoms with Crippen LogP contribution < -0.4 is 5.32 Å². The number of hydrogen-bond acceptors (Lipinski definition) is 3. The molecule has 1 heterocycles. The average molecular weight is 234 g/mol. The van der Waals surface area contributed by atoms with Gasteiger partial charge in [0.1, 0.15) is 12.1 Å². The smallest absolute Gasteiger partial charge is 0.228 e. The predicted molar refractivity (Wildman–Crippen MR) is 64.6 cm³/mol. The third kappa shape index (κ3) is 3.03. The fourth-order valence-corrected chi connectivity index (χ4v) is 1.51. The Labute approximate surface area is 99.5 Å². The zero-order valence-electron chi connectivity index (χ0n) is 9.73. The van der Waals surface area contributed by atoms with E-state index in [-0.39, 0.29) is 5.82 Å². The van der Waals surface area contributed by atoms with E-state index in [1.807, 2.05) is 4.57 Å². The summed E-state index contributed by atoms with van der Waals surface area (Å²) < 4.78 is 14.7. The molecule has 90 valence electrons. The molecule has 0 aliphatic carbocycles. The number of aromatic nitrogens is 3. The van der Waals surface area contributed by atoms with Crippen molar-refractivity contribution in [3.63, 3.8) is 0 Å². The molecule has 2 rings (SSSR count). The summed E-state index contributed by atoms with van der Waals surface area (Å²) in [4.78, 5) is 0. The topological polar surface area (TPSA) is 42.7 Å². The normalized spacial score (nSPS) is 10.5. The van der Waals surface area contributed by atoms with E-state index in [2.05, 4.69) is 22.4 Å². The summed E-state index contributed by atoms with van der Waals surface area (Å²) in [5.41, 5.74) is 0.803. The monoisotopic (exact) mass is 234 g/mol. The van der Waals surface area contributed by atoms with E-state index >= 15 is 0 Å². The van der Waals surface area contributed by atoms with Crippen molar-refractivity contribution in [2.45, 2.75) is 26.3 Å². The van der Waals surface area contributed by atoms with Gasteiger partial charge in [-0.1, -0.05) is 13.3 Å². The van der Waals surface area contributed by atoms with E-state index in [1.54, 1.807) is 18.5 Å². The summed E-state index contributed by atoms with van der Waals surface area (Å²) in [5, 5.41) is 11.0. The SMILES string of the molecule is CCCCn1cnnc1Nc1ccc(F)cc1. The third-order valence-electron chi connectivity index (χ3n) is 2.47. The van der Waals surface area contributed by atoms with Gasteiger partial charge in [0, 0.05) is 12.2 Å². The molecule has 0 aliphatic heterocycles. The second kappa shape index (κ2) is 5.43. The van der Waals surface area contributed by atoms with Gasteiger partial charge >= 0.3 is 0 Å². The Kier molecular flexibility index (Phi) is 3.69. The van der Waals surface area contributed by atoms with Crippen LogP contribution in [-0.4, -0.2) is 14.8 Å². The molecule has 0 atom stereocenters. The molecule has 0 fully saturated rings. The van der Waals surface area contributed by atoms with Gasteiger partial charge in [-0.25, -0.2) is 4.39 Å². The Morgan fingerprint density at radius 3 is 2.76 bits per heavy atom. The molecule has 5 heteroatoms. The highest BCUT2D eigenvalue weighted by Gasteiger charge is 2.03. The standard InChI is InChI=1S/C12H15FN4/c1-2-3-8-17-9-14-16-12(17)15-11-6-4-10(13)5-7-11/h4-7,9H,2-3,8H2,1H3,(H,15,16). The zero-order valence-corrected chi connectivity index (χ0v) is 9.73. The van der Waals surface area contributed by atoms with Gasteiger partial charge in [-0.15, -0.1) is 10.2 Å². The van der Waals surface area contributed by atoms with Gasteiger partial charge in [-0.05, 0) is 30.7 Å². The minimum absolute atomic E-state index is 0.247. The first-order chi connectivity index (χ1) is 8.29. The van der Waals surface area contributed by atoms with Gasteiger partial charge in [0.2, 0.25) is 5.95 Å². The number of nitrogens with one attached hydrogen (secondary N) is 1. The predicted octanol–water partition coefficient (Wildman–Crippen LogP) is 2.96. The second-order valence-electron chi connectivity index (χ2n) is 3.83. The van der Waals surface area contributed by atoms with Crippen LogP contribution in [0.4, 0.5) is 16.0 Å². The molecule has 0 bridgehead atoms. The molecule has 1 N–H and O–H groups in total. The lowest BCUT2D eigenvalue weighted by Gasteiger charge is -2.07. The number of halogens is 1. The average Bonchev–Trinajstić information content (AvgIpc) is 2.77. The molecule has 0 amide bonds. The van der Waals surface area contributed by atoms with Gasteiger partial charge in [0.15, 0.2) is 0 Å². The lowest BCUT2D eigenvalue weighted by molar-refractivity contribution is 0.627. The van der Waals surface area contributed by atoms with Crippen molar-refractivity contribution < 1.29 is 4.39 Å². The largest absolute Gasteiger partial charge is 0.324 e. The van der Waals surface area contributed by atoms with E-state index in [0.717, 1.165) is 25.1 Å². The van der Waals surface area contributed by atoms with Crippen LogP contribution in [0.3, 0.4) is 0 Å². The zero-order chi connectivity index (χ0) is 12.1. The van der Waals surface area contributed by atoms with Crippen molar-refractivity contribution in [2.75, 3.05) is 5.32 Å². The van der Waals surface area contributed by atoms with Crippen molar-refractivity contribution in [3.05, 3.63) is 36.4 Å². The Bertz CT molecular complexity index is 464. The number of benzene rings is 1. The van der Waals surface area contributed by atoms with Crippen LogP contribution in [0.5, 0.6) is 0 Å². The second-order valence-corrected chi connectivity index (χ2v) is 3.83. The van der Waals surface area contributed by atoms with Gasteiger partial charge in [-0.2, -0.15) is 0 Å². The molecular weight excluding hydrogens is 219 g/mol. The van der Waals surface area contributed by atoms with Crippen LogP contribution in [0.25, 0.3) is 0 Å². The van der Waals surface area contributed by atoms with Crippen molar-refractivity contribution >= 4 is 11.6 Å². The summed E-state index contributed by atoms with van der Waals surface area (Å²) in [6.45, 7) is 3.02. The van der Waals surface area contributed by atoms with Crippen LogP contribution in [-0.2, 0) is 6.54 Å². The van der Waals surface area contributed by atoms with Gasteiger partial charge in [0.05, 0.1) is 0 Å². The molecule has 1 aromatic heterocycles. The summed E-state index contributed by atoms with van der Waals surface area (Å²) in [6.07, 6.45) is 3.89. The molecule has 0 saturated heterocycles. The maximum Gasteiger partial charge on any atom is 0.228 e. The summed E-state index contributed by atoms with van der Waals surface area (Å²) in [6, 6.07) is 6.17. The first-order valence-electron chi connectivity index (χ1n) is 5.70. The number of rotatable bonds is 5. The summed E-state index contributed by atoms with van der Waals surface area (Å²) in [7, 11) is 0. The molecule has 4 nitrogen and oxygen atoms in total. The molecule has 2 aromatic rings. The van der Waals surface area contributed by atoms with Crippen LogP contribution in [0.15, 0.2) is 30.6 Å². The van der Waals surface area contributed by atoms with E-state index in [9.17, 15) is 4.39 Å². The highest BCUT2D eigenvalue weighted by atomic mass is 19.1. The van der Waals surface area contributed by atoms with Gasteiger partial charge < -0.3 is 5.32 Å². The van der Waals surface area contributed by atoms with Crippen molar-refractivity contribution in [1.29, 1.82) is 0 Å². The van der Waals surface area contributed by atoms with Crippen molar-refractivity contribution in [1.82, 2.24) is 14.8 Å². The quantitative estimate of drug-likeness (QED) is 0.864. The van der Waals surface area contributed by atoms with E-state index in [1.165, 1.54) is 12.1 Å². The lowest BCUT2D eigenvalue weighted by atomic mass is 10.3. The molecule has 0 spiro atoms. The molecule has 17 heavy (non-hydrogen) atoms. The number of aryl methyl sites for hydroxylation is 1. The Balaban J connectivity index is 2.07. The molecule has 0 saturated carbocycles. The van der Waals surface area contributed by atoms with E-state index in [0.29, 0.717) is 5.95 Å². The molecule has 0 aliphatic rings. The van der Waals surface area contributed by atoms with Crippen LogP contribution in [0.2, 0.25) is 0 Å². The van der Waals surface area contributed by atoms with Crippen LogP contribution in [0.1, 0.15) is 19.8 Å². The minimum Gasteiger partial charge on any atom is -0.324 e. The number of unbranched alkanes of at least 4 members (excludes halogenated alkanes) is 1. The number of anilines is 2. The Morgan fingerprint density at radius 2 is 2.06 bits per heavy atom. The highest BCUT2D eigenvalue weighted by molar-refractivity contribution is 5.52. The minimum atomic E-state index is -0.247. The van der Waals surface area contributed by atoms with Crippen molar-refractivity contribution in [2.24, 2.45) is 0 Å². The molecule has 1 aromatic carbocycles. The first kappa shape index (κ1) is 11.6. The summed E-state index contributed by atoms with van der Waals surface area (Å²) >= 11 is 0. The van der Waals surface area contributed by atoms with Crippen LogP contribution >= 0.6 is 0 Å². The van der Waals surface area contributed by atoms with Crippen molar-refractivity contribution in [3.8, 4) is 0 Å². The number of hydrogen-bond donors (Lipinski definition) is 1. The third-order valence-corrected chi connectivity index (χ3v) is 2.47. The fourth-order valence-electron chi connectivity index (χ4n) is 1.51. The molecule has 0 unspecified atom stereocenters. The molecule has 0 radical (unpaired) electrons. The summed E-state index contributed by atoms with van der Waals surface area (Å²) in [5.74, 6) is 0.438. The number of nitrogens with zero attached hydrogens (tertiary/aromatic N) is 3. The highest BCUT2D eigenvalue weighted by Crippen LogP contribution is 2.14. The molecular formula is C12H15FN4. The lowest BCUT2D eigenvalue weighted by Crippen LogP contribution is -2.03. The van der Waals surface area contributed by atoms with E-state index in [4.69, 9.17) is 0 Å². The Hall–Kier alpha value is -1.91. The first-order valence-corrected chi connectivity index (χ1v) is 5.70. The Morgan fingerprint density at radius 1 is 1.29 bits per heavy atom. The van der Waals surface area contributed by atoms with Gasteiger partial charge in [0.25, 0.3) is 0 Å². The maximum atomic E-state index is 12.8. The van der Waals surface area contributed by atoms with E-state index < -0.39 is 0 Å². The van der Waals surface area contributed by atoms with Crippen LogP contribution in [0, 0.1) is 5.82 Å². The fraction of sp³-hybridized carbons (Fsp3) is 0.333. The van der Waals surface area contributed by atoms with Gasteiger partial charge in [-0.3, -0.25) is 4.57 Å².